The second-order valence-corrected chi connectivity index (χ2v) is 4.61. The summed E-state index contributed by atoms with van der Waals surface area (Å²) in [5.74, 6) is 0.364. The highest BCUT2D eigenvalue weighted by Crippen LogP contribution is 2.29. The first-order chi connectivity index (χ1) is 9.24. The predicted molar refractivity (Wildman–Crippen MR) is 74.3 cm³/mol. The Kier molecular flexibility index (Phi) is 4.35. The number of nitrogens with zero attached hydrogens (tertiary/aromatic N) is 1. The van der Waals surface area contributed by atoms with Crippen molar-refractivity contribution < 1.29 is 14.3 Å². The molecule has 2 rings (SSSR count). The van der Waals surface area contributed by atoms with Crippen molar-refractivity contribution in [3.8, 4) is 5.75 Å². The van der Waals surface area contributed by atoms with Gasteiger partial charge in [0.1, 0.15) is 10.6 Å². The molecule has 1 N–H and O–H groups in total. The predicted octanol–water partition coefficient (Wildman–Crippen LogP) is 3.07. The molecule has 0 amide bonds. The van der Waals surface area contributed by atoms with Crippen LogP contribution in [-0.2, 0) is 4.74 Å². The van der Waals surface area contributed by atoms with Gasteiger partial charge >= 0.3 is 5.97 Å². The fourth-order valence-electron chi connectivity index (χ4n) is 1.49. The Morgan fingerprint density at radius 1 is 1.42 bits per heavy atom. The molecule has 0 bridgehead atoms. The highest BCUT2D eigenvalue weighted by Gasteiger charge is 2.11. The van der Waals surface area contributed by atoms with Gasteiger partial charge in [0, 0.05) is 0 Å². The molecule has 0 saturated carbocycles. The number of nitrogens with one attached hydrogen (secondary N) is 1. The molecule has 0 atom stereocenters. The Morgan fingerprint density at radius 2 is 2.21 bits per heavy atom. The van der Waals surface area contributed by atoms with Gasteiger partial charge in [-0.05, 0) is 19.1 Å². The Bertz CT molecular complexity index is 569. The molecule has 6 heteroatoms. The number of carbonyl (C=O) groups excluding carboxylic acids is 1. The zero-order valence-electron chi connectivity index (χ0n) is 10.7. The maximum absolute atomic E-state index is 11.3. The van der Waals surface area contributed by atoms with Crippen LogP contribution >= 0.6 is 11.3 Å². The van der Waals surface area contributed by atoms with E-state index >= 15 is 0 Å². The van der Waals surface area contributed by atoms with Crippen molar-refractivity contribution in [1.82, 2.24) is 4.98 Å². The quantitative estimate of drug-likeness (QED) is 0.852. The van der Waals surface area contributed by atoms with E-state index in [2.05, 4.69) is 15.0 Å². The number of methoxy groups -OCH3 is 1. The number of hydrogen-bond donors (Lipinski definition) is 1. The van der Waals surface area contributed by atoms with Gasteiger partial charge < -0.3 is 14.8 Å². The first-order valence-corrected chi connectivity index (χ1v) is 6.59. The van der Waals surface area contributed by atoms with Gasteiger partial charge in [-0.15, -0.1) is 0 Å². The summed E-state index contributed by atoms with van der Waals surface area (Å²) in [5.41, 5.74) is 0.815. The lowest BCUT2D eigenvalue weighted by atomic mass is 10.3. The summed E-state index contributed by atoms with van der Waals surface area (Å²) >= 11 is 1.23. The number of anilines is 2. The molecule has 1 aromatic heterocycles. The number of benzene rings is 1. The smallest absolute Gasteiger partial charge is 0.349 e. The number of ether oxygens (including phenoxy) is 2. The molecule has 0 spiro atoms. The van der Waals surface area contributed by atoms with Crippen LogP contribution in [0, 0.1) is 0 Å². The third-order valence-electron chi connectivity index (χ3n) is 2.32. The SMILES string of the molecule is CCOc1ccccc1Nc1ncc(C(=O)OC)s1. The maximum atomic E-state index is 11.3. The Balaban J connectivity index is 2.17. The summed E-state index contributed by atoms with van der Waals surface area (Å²) in [7, 11) is 1.35. The van der Waals surface area contributed by atoms with Crippen LogP contribution < -0.4 is 10.1 Å². The third-order valence-corrected chi connectivity index (χ3v) is 3.21. The monoisotopic (exact) mass is 278 g/mol. The van der Waals surface area contributed by atoms with Crippen LogP contribution in [0.25, 0.3) is 0 Å². The van der Waals surface area contributed by atoms with Gasteiger partial charge in [0.05, 0.1) is 25.6 Å². The fourth-order valence-corrected chi connectivity index (χ4v) is 2.24. The summed E-state index contributed by atoms with van der Waals surface area (Å²) in [6.45, 7) is 2.51. The molecule has 0 aliphatic heterocycles. The van der Waals surface area contributed by atoms with Crippen molar-refractivity contribution in [1.29, 1.82) is 0 Å². The topological polar surface area (TPSA) is 60.5 Å². The van der Waals surface area contributed by atoms with Gasteiger partial charge in [-0.2, -0.15) is 0 Å². The van der Waals surface area contributed by atoms with Gasteiger partial charge in [0.25, 0.3) is 0 Å². The van der Waals surface area contributed by atoms with Crippen molar-refractivity contribution in [2.75, 3.05) is 19.0 Å². The molecule has 0 saturated heterocycles. The molecular formula is C13H14N2O3S. The van der Waals surface area contributed by atoms with Crippen LogP contribution in [0.5, 0.6) is 5.75 Å². The van der Waals surface area contributed by atoms with E-state index in [0.29, 0.717) is 16.6 Å². The van der Waals surface area contributed by atoms with Crippen molar-refractivity contribution in [2.24, 2.45) is 0 Å². The number of esters is 1. The third kappa shape index (κ3) is 3.23. The first-order valence-electron chi connectivity index (χ1n) is 5.77. The molecule has 0 radical (unpaired) electrons. The lowest BCUT2D eigenvalue weighted by Gasteiger charge is -2.09. The lowest BCUT2D eigenvalue weighted by molar-refractivity contribution is 0.0606. The van der Waals surface area contributed by atoms with E-state index in [1.165, 1.54) is 24.6 Å². The van der Waals surface area contributed by atoms with Crippen molar-refractivity contribution in [2.45, 2.75) is 6.92 Å². The maximum Gasteiger partial charge on any atom is 0.349 e. The molecular weight excluding hydrogens is 264 g/mol. The van der Waals surface area contributed by atoms with Crippen LogP contribution in [0.1, 0.15) is 16.6 Å². The van der Waals surface area contributed by atoms with Crippen LogP contribution in [0.4, 0.5) is 10.8 Å². The number of carbonyl (C=O) groups is 1. The zero-order valence-corrected chi connectivity index (χ0v) is 11.5. The molecule has 0 fully saturated rings. The van der Waals surface area contributed by atoms with Gasteiger partial charge in [0.2, 0.25) is 0 Å². The second-order valence-electron chi connectivity index (χ2n) is 3.58. The van der Waals surface area contributed by atoms with Gasteiger partial charge in [0.15, 0.2) is 5.13 Å². The Morgan fingerprint density at radius 3 is 2.95 bits per heavy atom. The minimum Gasteiger partial charge on any atom is -0.492 e. The number of hydrogen-bond acceptors (Lipinski definition) is 6. The summed E-state index contributed by atoms with van der Waals surface area (Å²) in [6.07, 6.45) is 1.49. The van der Waals surface area contributed by atoms with Crippen LogP contribution in [0.3, 0.4) is 0 Å². The highest BCUT2D eigenvalue weighted by atomic mass is 32.1. The van der Waals surface area contributed by atoms with Crippen LogP contribution in [-0.4, -0.2) is 24.7 Å². The molecule has 0 aliphatic rings. The normalized spacial score (nSPS) is 10.0. The number of rotatable bonds is 5. The lowest BCUT2D eigenvalue weighted by Crippen LogP contribution is -1.97. The zero-order chi connectivity index (χ0) is 13.7. The standard InChI is InChI=1S/C13H14N2O3S/c1-3-18-10-7-5-4-6-9(10)15-13-14-8-11(19-13)12(16)17-2/h4-8H,3H2,1-2H3,(H,14,15). The second kappa shape index (κ2) is 6.19. The first kappa shape index (κ1) is 13.4. The van der Waals surface area contributed by atoms with Gasteiger partial charge in [-0.25, -0.2) is 9.78 Å². The van der Waals surface area contributed by atoms with Crippen molar-refractivity contribution >= 4 is 28.1 Å². The van der Waals surface area contributed by atoms with Crippen LogP contribution in [0.15, 0.2) is 30.5 Å². The summed E-state index contributed by atoms with van der Waals surface area (Å²) in [4.78, 5) is 15.9. The van der Waals surface area contributed by atoms with Crippen LogP contribution in [0.2, 0.25) is 0 Å². The van der Waals surface area contributed by atoms with E-state index in [1.54, 1.807) is 0 Å². The number of aromatic nitrogens is 1. The minimum absolute atomic E-state index is 0.386. The molecule has 5 nitrogen and oxygen atoms in total. The Labute approximate surface area is 115 Å². The minimum atomic E-state index is -0.386. The van der Waals surface area contributed by atoms with Crippen molar-refractivity contribution in [3.63, 3.8) is 0 Å². The highest BCUT2D eigenvalue weighted by molar-refractivity contribution is 7.17. The fraction of sp³-hybridized carbons (Fsp3) is 0.231. The number of thiazole rings is 1. The largest absolute Gasteiger partial charge is 0.492 e. The molecule has 2 aromatic rings. The molecule has 1 heterocycles. The average molecular weight is 278 g/mol. The molecule has 19 heavy (non-hydrogen) atoms. The Hall–Kier alpha value is -2.08. The van der Waals surface area contributed by atoms with Gasteiger partial charge in [-0.3, -0.25) is 0 Å². The van der Waals surface area contributed by atoms with E-state index in [9.17, 15) is 4.79 Å². The van der Waals surface area contributed by atoms with E-state index in [1.807, 2.05) is 31.2 Å². The van der Waals surface area contributed by atoms with E-state index in [0.717, 1.165) is 11.4 Å². The average Bonchev–Trinajstić information content (AvgIpc) is 2.89. The van der Waals surface area contributed by atoms with E-state index in [-0.39, 0.29) is 5.97 Å². The molecule has 100 valence electrons. The van der Waals surface area contributed by atoms with E-state index < -0.39 is 0 Å². The van der Waals surface area contributed by atoms with E-state index in [4.69, 9.17) is 4.74 Å². The number of para-hydroxylation sites is 2. The summed E-state index contributed by atoms with van der Waals surface area (Å²) in [6, 6.07) is 7.57. The van der Waals surface area contributed by atoms with Crippen molar-refractivity contribution in [3.05, 3.63) is 35.3 Å². The van der Waals surface area contributed by atoms with Gasteiger partial charge in [-0.1, -0.05) is 23.5 Å². The molecule has 1 aromatic carbocycles. The molecule has 0 unspecified atom stereocenters. The summed E-state index contributed by atoms with van der Waals surface area (Å²) < 4.78 is 10.1. The molecule has 0 aliphatic carbocycles. The summed E-state index contributed by atoms with van der Waals surface area (Å²) in [5, 5.41) is 3.75.